The monoisotopic (exact) mass is 261 g/mol. The van der Waals surface area contributed by atoms with E-state index >= 15 is 0 Å². The highest BCUT2D eigenvalue weighted by molar-refractivity contribution is 7.91. The number of hydrogen-bond acceptors (Lipinski definition) is 4. The van der Waals surface area contributed by atoms with E-state index in [-0.39, 0.29) is 11.9 Å². The summed E-state index contributed by atoms with van der Waals surface area (Å²) in [4.78, 5) is 2.39. The molecular formula is C12H23NO3S. The lowest BCUT2D eigenvalue weighted by molar-refractivity contribution is 0.170. The third kappa shape index (κ3) is 3.20. The van der Waals surface area contributed by atoms with Crippen LogP contribution in [0.25, 0.3) is 0 Å². The Morgan fingerprint density at radius 3 is 2.65 bits per heavy atom. The summed E-state index contributed by atoms with van der Waals surface area (Å²) in [6.45, 7) is 2.22. The third-order valence-corrected chi connectivity index (χ3v) is 5.93. The first kappa shape index (κ1) is 13.3. The van der Waals surface area contributed by atoms with E-state index in [2.05, 4.69) is 4.90 Å². The average Bonchev–Trinajstić information content (AvgIpc) is 2.76. The average molecular weight is 261 g/mol. The summed E-state index contributed by atoms with van der Waals surface area (Å²) in [5.41, 5.74) is 0. The van der Waals surface area contributed by atoms with Gasteiger partial charge >= 0.3 is 0 Å². The van der Waals surface area contributed by atoms with Gasteiger partial charge in [0.15, 0.2) is 0 Å². The summed E-state index contributed by atoms with van der Waals surface area (Å²) >= 11 is 0. The Bertz CT molecular complexity index is 355. The molecule has 2 aliphatic rings. The van der Waals surface area contributed by atoms with Crippen LogP contribution in [0.3, 0.4) is 0 Å². The lowest BCUT2D eigenvalue weighted by atomic mass is 9.94. The zero-order chi connectivity index (χ0) is 12.5. The molecule has 3 unspecified atom stereocenters. The molecule has 2 rings (SSSR count). The molecule has 1 aliphatic heterocycles. The van der Waals surface area contributed by atoms with Crippen molar-refractivity contribution in [3.63, 3.8) is 0 Å². The van der Waals surface area contributed by atoms with E-state index < -0.39 is 9.84 Å². The lowest BCUT2D eigenvalue weighted by Gasteiger charge is -2.34. The van der Waals surface area contributed by atoms with E-state index in [0.717, 1.165) is 45.2 Å². The van der Waals surface area contributed by atoms with Crippen LogP contribution in [-0.4, -0.2) is 55.7 Å². The van der Waals surface area contributed by atoms with Crippen LogP contribution in [0.2, 0.25) is 0 Å². The van der Waals surface area contributed by atoms with Crippen molar-refractivity contribution in [2.45, 2.75) is 43.4 Å². The number of nitrogens with zero attached hydrogens (tertiary/aromatic N) is 1. The third-order valence-electron chi connectivity index (χ3n) is 4.30. The Kier molecular flexibility index (Phi) is 4.10. The maximum Gasteiger partial charge on any atom is 0.150 e. The van der Waals surface area contributed by atoms with Gasteiger partial charge in [-0.15, -0.1) is 0 Å². The van der Waals surface area contributed by atoms with Crippen LogP contribution in [0.5, 0.6) is 0 Å². The summed E-state index contributed by atoms with van der Waals surface area (Å²) < 4.78 is 23.2. The molecule has 0 bridgehead atoms. The SMILES string of the molecule is CS(=O)(=O)C1CCCC(N2CCC(CO)C2)C1. The second kappa shape index (κ2) is 5.24. The number of sulfone groups is 1. The molecular weight excluding hydrogens is 238 g/mol. The molecule has 2 fully saturated rings. The molecule has 3 atom stereocenters. The standard InChI is InChI=1S/C12H23NO3S/c1-17(15,16)12-4-2-3-11(7-12)13-6-5-10(8-13)9-14/h10-12,14H,2-9H2,1H3. The second-order valence-electron chi connectivity index (χ2n) is 5.60. The van der Waals surface area contributed by atoms with Gasteiger partial charge < -0.3 is 5.11 Å². The molecule has 0 amide bonds. The molecule has 4 nitrogen and oxygen atoms in total. The molecule has 100 valence electrons. The van der Waals surface area contributed by atoms with Crippen LogP contribution < -0.4 is 0 Å². The zero-order valence-corrected chi connectivity index (χ0v) is 11.3. The van der Waals surface area contributed by atoms with Crippen LogP contribution in [0.15, 0.2) is 0 Å². The minimum Gasteiger partial charge on any atom is -0.396 e. The molecule has 1 heterocycles. The van der Waals surface area contributed by atoms with Crippen LogP contribution in [0.1, 0.15) is 32.1 Å². The molecule has 0 spiro atoms. The van der Waals surface area contributed by atoms with E-state index in [1.807, 2.05) is 0 Å². The Morgan fingerprint density at radius 1 is 1.29 bits per heavy atom. The van der Waals surface area contributed by atoms with Crippen molar-refractivity contribution in [2.24, 2.45) is 5.92 Å². The van der Waals surface area contributed by atoms with Gasteiger partial charge in [-0.05, 0) is 38.1 Å². The first-order valence-electron chi connectivity index (χ1n) is 6.54. The lowest BCUT2D eigenvalue weighted by Crippen LogP contribution is -2.41. The normalized spacial score (nSPS) is 36.2. The van der Waals surface area contributed by atoms with Gasteiger partial charge in [-0.1, -0.05) is 6.42 Å². The number of rotatable bonds is 3. The number of likely N-dealkylation sites (tertiary alicyclic amines) is 1. The van der Waals surface area contributed by atoms with Crippen LogP contribution in [-0.2, 0) is 9.84 Å². The van der Waals surface area contributed by atoms with Gasteiger partial charge in [0.1, 0.15) is 9.84 Å². The van der Waals surface area contributed by atoms with Gasteiger partial charge in [0, 0.05) is 25.4 Å². The maximum atomic E-state index is 11.6. The Morgan fingerprint density at radius 2 is 2.06 bits per heavy atom. The fourth-order valence-electron chi connectivity index (χ4n) is 3.18. The highest BCUT2D eigenvalue weighted by Crippen LogP contribution is 2.30. The van der Waals surface area contributed by atoms with Gasteiger partial charge in [-0.25, -0.2) is 8.42 Å². The molecule has 0 aromatic heterocycles. The zero-order valence-electron chi connectivity index (χ0n) is 10.5. The largest absolute Gasteiger partial charge is 0.396 e. The van der Waals surface area contributed by atoms with Gasteiger partial charge in [0.25, 0.3) is 0 Å². The van der Waals surface area contributed by atoms with E-state index in [1.165, 1.54) is 6.26 Å². The summed E-state index contributed by atoms with van der Waals surface area (Å²) in [5.74, 6) is 0.397. The fraction of sp³-hybridized carbons (Fsp3) is 1.00. The molecule has 1 N–H and O–H groups in total. The van der Waals surface area contributed by atoms with Crippen molar-refractivity contribution >= 4 is 9.84 Å². The summed E-state index contributed by atoms with van der Waals surface area (Å²) in [5, 5.41) is 9.00. The number of hydrogen-bond donors (Lipinski definition) is 1. The molecule has 5 heteroatoms. The van der Waals surface area contributed by atoms with E-state index in [9.17, 15) is 8.42 Å². The Balaban J connectivity index is 1.94. The highest BCUT2D eigenvalue weighted by Gasteiger charge is 2.34. The minimum absolute atomic E-state index is 0.144. The predicted molar refractivity (Wildman–Crippen MR) is 67.7 cm³/mol. The Labute approximate surface area is 104 Å². The van der Waals surface area contributed by atoms with Crippen molar-refractivity contribution in [1.29, 1.82) is 0 Å². The van der Waals surface area contributed by atoms with Crippen molar-refractivity contribution in [3.05, 3.63) is 0 Å². The van der Waals surface area contributed by atoms with E-state index in [0.29, 0.717) is 12.0 Å². The van der Waals surface area contributed by atoms with Crippen LogP contribution in [0.4, 0.5) is 0 Å². The first-order chi connectivity index (χ1) is 8.00. The topological polar surface area (TPSA) is 57.6 Å². The van der Waals surface area contributed by atoms with E-state index in [4.69, 9.17) is 5.11 Å². The van der Waals surface area contributed by atoms with Crippen molar-refractivity contribution in [1.82, 2.24) is 4.90 Å². The minimum atomic E-state index is -2.88. The second-order valence-corrected chi connectivity index (χ2v) is 7.93. The molecule has 0 aromatic carbocycles. The summed E-state index contributed by atoms with van der Waals surface area (Å²) in [6, 6.07) is 0.417. The molecule has 1 saturated carbocycles. The van der Waals surface area contributed by atoms with Gasteiger partial charge in [-0.2, -0.15) is 0 Å². The smallest absolute Gasteiger partial charge is 0.150 e. The fourth-order valence-corrected chi connectivity index (χ4v) is 4.35. The first-order valence-corrected chi connectivity index (χ1v) is 8.50. The van der Waals surface area contributed by atoms with Gasteiger partial charge in [0.2, 0.25) is 0 Å². The van der Waals surface area contributed by atoms with Crippen LogP contribution >= 0.6 is 0 Å². The number of aliphatic hydroxyl groups is 1. The Hall–Kier alpha value is -0.130. The number of aliphatic hydroxyl groups excluding tert-OH is 1. The molecule has 1 aliphatic carbocycles. The molecule has 0 radical (unpaired) electrons. The van der Waals surface area contributed by atoms with Gasteiger partial charge in [0.05, 0.1) is 5.25 Å². The summed E-state index contributed by atoms with van der Waals surface area (Å²) in [6.07, 6.45) is 6.16. The predicted octanol–water partition coefficient (Wildman–Crippen LogP) is 0.656. The molecule has 0 aromatic rings. The quantitative estimate of drug-likeness (QED) is 0.811. The van der Waals surface area contributed by atoms with E-state index in [1.54, 1.807) is 0 Å². The molecule has 17 heavy (non-hydrogen) atoms. The van der Waals surface area contributed by atoms with Crippen molar-refractivity contribution < 1.29 is 13.5 Å². The highest BCUT2D eigenvalue weighted by atomic mass is 32.2. The van der Waals surface area contributed by atoms with Crippen molar-refractivity contribution in [3.8, 4) is 0 Å². The summed E-state index contributed by atoms with van der Waals surface area (Å²) in [7, 11) is -2.88. The maximum absolute atomic E-state index is 11.6. The van der Waals surface area contributed by atoms with Gasteiger partial charge in [-0.3, -0.25) is 4.90 Å². The molecule has 1 saturated heterocycles. The van der Waals surface area contributed by atoms with Crippen molar-refractivity contribution in [2.75, 3.05) is 26.0 Å². The van der Waals surface area contributed by atoms with Crippen LogP contribution in [0, 0.1) is 5.92 Å².